The van der Waals surface area contributed by atoms with Crippen LogP contribution in [0.2, 0.25) is 0 Å². The third-order valence-corrected chi connectivity index (χ3v) is 5.12. The molecule has 0 aliphatic heterocycles. The van der Waals surface area contributed by atoms with Gasteiger partial charge in [0.05, 0.1) is 11.4 Å². The molecule has 114 valence electrons. The number of hydrogen-bond acceptors (Lipinski definition) is 4. The number of nitrogens with one attached hydrogen (secondary N) is 1. The third-order valence-electron chi connectivity index (χ3n) is 3.12. The third kappa shape index (κ3) is 3.12. The quantitative estimate of drug-likeness (QED) is 0.866. The van der Waals surface area contributed by atoms with Crippen molar-refractivity contribution < 1.29 is 12.8 Å². The molecule has 8 heteroatoms. The standard InChI is InChI=1S/C13H17FN4O2S/c1-9-13(12(7-15)17-16-9)21(19,20)18(2)8-10-4-3-5-11(14)6-10/h3-6H,7-8,15H2,1-2H3,(H,16,17). The molecule has 0 saturated carbocycles. The number of rotatable bonds is 5. The predicted octanol–water partition coefficient (Wildman–Crippen LogP) is 1.14. The van der Waals surface area contributed by atoms with Crippen LogP contribution in [0.25, 0.3) is 0 Å². The summed E-state index contributed by atoms with van der Waals surface area (Å²) in [7, 11) is -2.31. The fraction of sp³-hybridized carbons (Fsp3) is 0.308. The lowest BCUT2D eigenvalue weighted by atomic mass is 10.2. The van der Waals surface area contributed by atoms with E-state index in [1.807, 2.05) is 0 Å². The average Bonchev–Trinajstić information content (AvgIpc) is 2.80. The first-order valence-electron chi connectivity index (χ1n) is 6.31. The minimum atomic E-state index is -3.74. The van der Waals surface area contributed by atoms with Gasteiger partial charge in [0.15, 0.2) is 0 Å². The van der Waals surface area contributed by atoms with E-state index < -0.39 is 15.8 Å². The SMILES string of the molecule is Cc1[nH]nc(CN)c1S(=O)(=O)N(C)Cc1cccc(F)c1. The Bertz CT molecular complexity index is 742. The number of aryl methyl sites for hydroxylation is 1. The van der Waals surface area contributed by atoms with Crippen LogP contribution in [0, 0.1) is 12.7 Å². The molecule has 6 nitrogen and oxygen atoms in total. The van der Waals surface area contributed by atoms with Crippen molar-refractivity contribution >= 4 is 10.0 Å². The van der Waals surface area contributed by atoms with Gasteiger partial charge in [-0.1, -0.05) is 12.1 Å². The van der Waals surface area contributed by atoms with Crippen molar-refractivity contribution in [3.63, 3.8) is 0 Å². The molecule has 0 unspecified atom stereocenters. The Morgan fingerprint density at radius 3 is 2.76 bits per heavy atom. The molecule has 0 aliphatic carbocycles. The van der Waals surface area contributed by atoms with Crippen LogP contribution in [0.4, 0.5) is 4.39 Å². The van der Waals surface area contributed by atoms with E-state index in [0.29, 0.717) is 17.0 Å². The molecule has 2 aromatic rings. The molecule has 0 radical (unpaired) electrons. The van der Waals surface area contributed by atoms with Crippen molar-refractivity contribution in [1.82, 2.24) is 14.5 Å². The van der Waals surface area contributed by atoms with E-state index in [1.165, 1.54) is 19.2 Å². The average molecular weight is 312 g/mol. The summed E-state index contributed by atoms with van der Waals surface area (Å²) in [5.41, 5.74) is 6.81. The monoisotopic (exact) mass is 312 g/mol. The summed E-state index contributed by atoms with van der Waals surface area (Å²) in [5, 5.41) is 6.51. The molecule has 0 aliphatic rings. The van der Waals surface area contributed by atoms with Gasteiger partial charge in [-0.3, -0.25) is 5.10 Å². The molecule has 0 spiro atoms. The van der Waals surface area contributed by atoms with E-state index in [0.717, 1.165) is 4.31 Å². The molecule has 3 N–H and O–H groups in total. The zero-order valence-electron chi connectivity index (χ0n) is 11.8. The number of nitrogens with two attached hydrogens (primary N) is 1. The molecule has 0 amide bonds. The van der Waals surface area contributed by atoms with Crippen molar-refractivity contribution in [1.29, 1.82) is 0 Å². The van der Waals surface area contributed by atoms with Crippen molar-refractivity contribution in [2.24, 2.45) is 5.73 Å². The number of aromatic amines is 1. The lowest BCUT2D eigenvalue weighted by Crippen LogP contribution is -2.28. The number of aromatic nitrogens is 2. The van der Waals surface area contributed by atoms with Gasteiger partial charge >= 0.3 is 0 Å². The van der Waals surface area contributed by atoms with E-state index in [4.69, 9.17) is 5.73 Å². The van der Waals surface area contributed by atoms with Crippen LogP contribution in [-0.4, -0.2) is 30.0 Å². The highest BCUT2D eigenvalue weighted by molar-refractivity contribution is 7.89. The summed E-state index contributed by atoms with van der Waals surface area (Å²) in [6, 6.07) is 5.82. The van der Waals surface area contributed by atoms with E-state index in [2.05, 4.69) is 10.2 Å². The van der Waals surface area contributed by atoms with Crippen LogP contribution < -0.4 is 5.73 Å². The zero-order chi connectivity index (χ0) is 15.6. The summed E-state index contributed by atoms with van der Waals surface area (Å²) in [4.78, 5) is 0.0869. The number of H-pyrrole nitrogens is 1. The Labute approximate surface area is 122 Å². The summed E-state index contributed by atoms with van der Waals surface area (Å²) < 4.78 is 39.5. The summed E-state index contributed by atoms with van der Waals surface area (Å²) >= 11 is 0. The lowest BCUT2D eigenvalue weighted by molar-refractivity contribution is 0.464. The molecule has 0 atom stereocenters. The van der Waals surface area contributed by atoms with Gasteiger partial charge in [0.1, 0.15) is 10.7 Å². The lowest BCUT2D eigenvalue weighted by Gasteiger charge is -2.17. The Morgan fingerprint density at radius 1 is 1.43 bits per heavy atom. The fourth-order valence-electron chi connectivity index (χ4n) is 2.08. The number of benzene rings is 1. The molecular weight excluding hydrogens is 295 g/mol. The predicted molar refractivity (Wildman–Crippen MR) is 76.3 cm³/mol. The van der Waals surface area contributed by atoms with Crippen LogP contribution in [-0.2, 0) is 23.1 Å². The molecule has 1 heterocycles. The Kier molecular flexibility index (Phi) is 4.40. The van der Waals surface area contributed by atoms with Crippen LogP contribution >= 0.6 is 0 Å². The van der Waals surface area contributed by atoms with E-state index in [9.17, 15) is 12.8 Å². The van der Waals surface area contributed by atoms with E-state index in [1.54, 1.807) is 19.1 Å². The Hall–Kier alpha value is -1.77. The number of halogens is 1. The summed E-state index contributed by atoms with van der Waals surface area (Å²) in [6.07, 6.45) is 0. The largest absolute Gasteiger partial charge is 0.325 e. The molecular formula is C13H17FN4O2S. The maximum Gasteiger partial charge on any atom is 0.246 e. The van der Waals surface area contributed by atoms with Gasteiger partial charge in [0.25, 0.3) is 0 Å². The molecule has 0 bridgehead atoms. The smallest absolute Gasteiger partial charge is 0.246 e. The van der Waals surface area contributed by atoms with Gasteiger partial charge < -0.3 is 5.73 Å². The Balaban J connectivity index is 2.33. The van der Waals surface area contributed by atoms with Crippen molar-refractivity contribution in [2.45, 2.75) is 24.9 Å². The molecule has 21 heavy (non-hydrogen) atoms. The number of sulfonamides is 1. The van der Waals surface area contributed by atoms with E-state index in [-0.39, 0.29) is 18.0 Å². The second-order valence-electron chi connectivity index (χ2n) is 4.72. The minimum absolute atomic E-state index is 0.0205. The highest BCUT2D eigenvalue weighted by atomic mass is 32.2. The van der Waals surface area contributed by atoms with Crippen molar-refractivity contribution in [3.8, 4) is 0 Å². The van der Waals surface area contributed by atoms with Gasteiger partial charge in [-0.15, -0.1) is 0 Å². The van der Waals surface area contributed by atoms with Gasteiger partial charge in [0.2, 0.25) is 10.0 Å². The first-order valence-corrected chi connectivity index (χ1v) is 7.75. The number of nitrogens with zero attached hydrogens (tertiary/aromatic N) is 2. The topological polar surface area (TPSA) is 92.1 Å². The van der Waals surface area contributed by atoms with Crippen molar-refractivity contribution in [2.75, 3.05) is 7.05 Å². The molecule has 1 aromatic heterocycles. The molecule has 0 saturated heterocycles. The maximum atomic E-state index is 13.2. The van der Waals surface area contributed by atoms with Gasteiger partial charge in [-0.25, -0.2) is 12.8 Å². The summed E-state index contributed by atoms with van der Waals surface area (Å²) in [5.74, 6) is -0.402. The molecule has 0 fully saturated rings. The number of hydrogen-bond donors (Lipinski definition) is 2. The van der Waals surface area contributed by atoms with Gasteiger partial charge in [0, 0.05) is 20.1 Å². The highest BCUT2D eigenvalue weighted by Gasteiger charge is 2.28. The molecule has 1 aromatic carbocycles. The van der Waals surface area contributed by atoms with Crippen LogP contribution in [0.3, 0.4) is 0 Å². The second kappa shape index (κ2) is 5.92. The summed E-state index contributed by atoms with van der Waals surface area (Å²) in [6.45, 7) is 1.70. The first-order chi connectivity index (χ1) is 9.86. The van der Waals surface area contributed by atoms with Gasteiger partial charge in [-0.05, 0) is 24.6 Å². The van der Waals surface area contributed by atoms with Crippen LogP contribution in [0.1, 0.15) is 17.0 Å². The first kappa shape index (κ1) is 15.6. The zero-order valence-corrected chi connectivity index (χ0v) is 12.6. The van der Waals surface area contributed by atoms with Crippen molar-refractivity contribution in [3.05, 3.63) is 47.0 Å². The van der Waals surface area contributed by atoms with Crippen LogP contribution in [0.15, 0.2) is 29.2 Å². The fourth-order valence-corrected chi connectivity index (χ4v) is 3.57. The molecule has 2 rings (SSSR count). The maximum absolute atomic E-state index is 13.2. The normalized spacial score (nSPS) is 12.0. The van der Waals surface area contributed by atoms with Gasteiger partial charge in [-0.2, -0.15) is 9.40 Å². The van der Waals surface area contributed by atoms with E-state index >= 15 is 0 Å². The highest BCUT2D eigenvalue weighted by Crippen LogP contribution is 2.22. The minimum Gasteiger partial charge on any atom is -0.325 e. The Morgan fingerprint density at radius 2 is 2.14 bits per heavy atom. The second-order valence-corrected chi connectivity index (χ2v) is 6.70. The van der Waals surface area contributed by atoms with Crippen LogP contribution in [0.5, 0.6) is 0 Å².